The van der Waals surface area contributed by atoms with E-state index >= 15 is 0 Å². The molecule has 1 aromatic heterocycles. The summed E-state index contributed by atoms with van der Waals surface area (Å²) in [4.78, 5) is 40.2. The van der Waals surface area contributed by atoms with E-state index in [-0.39, 0.29) is 11.8 Å². The van der Waals surface area contributed by atoms with Crippen LogP contribution in [0.5, 0.6) is 0 Å². The summed E-state index contributed by atoms with van der Waals surface area (Å²) in [7, 11) is 0. The number of carbonyl (C=O) groups excluding carboxylic acids is 1. The van der Waals surface area contributed by atoms with Gasteiger partial charge in [-0.25, -0.2) is 4.79 Å². The first-order valence-corrected chi connectivity index (χ1v) is 10.5. The SMILES string of the molecule is CC(C)(C)OC(=O)N1CCN(Cc2ccn(Cc3ccc(Cl)cc3)c(=O)c2N=O)CC1. The van der Waals surface area contributed by atoms with E-state index < -0.39 is 11.2 Å². The first kappa shape index (κ1) is 23.0. The number of aromatic nitrogens is 1. The van der Waals surface area contributed by atoms with E-state index in [1.807, 2.05) is 32.9 Å². The van der Waals surface area contributed by atoms with Crippen LogP contribution in [-0.4, -0.2) is 52.2 Å². The molecule has 1 aliphatic rings. The average molecular weight is 447 g/mol. The number of hydrogen-bond acceptors (Lipinski definition) is 6. The van der Waals surface area contributed by atoms with Crippen LogP contribution < -0.4 is 5.56 Å². The van der Waals surface area contributed by atoms with Crippen LogP contribution in [-0.2, 0) is 17.8 Å². The van der Waals surface area contributed by atoms with Crippen LogP contribution in [0.2, 0.25) is 5.02 Å². The molecule has 1 fully saturated rings. The molecule has 1 aromatic carbocycles. The second kappa shape index (κ2) is 9.62. The van der Waals surface area contributed by atoms with Crippen molar-refractivity contribution in [3.05, 3.63) is 67.9 Å². The lowest BCUT2D eigenvalue weighted by atomic mass is 10.1. The molecule has 9 heteroatoms. The van der Waals surface area contributed by atoms with Gasteiger partial charge >= 0.3 is 6.09 Å². The quantitative estimate of drug-likeness (QED) is 0.648. The van der Waals surface area contributed by atoms with Crippen LogP contribution in [0.25, 0.3) is 0 Å². The minimum Gasteiger partial charge on any atom is -0.444 e. The monoisotopic (exact) mass is 446 g/mol. The number of ether oxygens (including phenoxy) is 1. The molecule has 1 amide bonds. The van der Waals surface area contributed by atoms with Crippen molar-refractivity contribution in [1.29, 1.82) is 0 Å². The van der Waals surface area contributed by atoms with Gasteiger partial charge in [-0.15, -0.1) is 4.91 Å². The van der Waals surface area contributed by atoms with E-state index in [4.69, 9.17) is 16.3 Å². The lowest BCUT2D eigenvalue weighted by Gasteiger charge is -2.35. The van der Waals surface area contributed by atoms with Crippen LogP contribution in [0.15, 0.2) is 46.5 Å². The van der Waals surface area contributed by atoms with Crippen LogP contribution in [0.3, 0.4) is 0 Å². The summed E-state index contributed by atoms with van der Waals surface area (Å²) in [6.07, 6.45) is 1.35. The fraction of sp³-hybridized carbons (Fsp3) is 0.455. The number of carbonyl (C=O) groups is 1. The first-order valence-electron chi connectivity index (χ1n) is 10.2. The highest BCUT2D eigenvalue weighted by Crippen LogP contribution is 2.19. The van der Waals surface area contributed by atoms with Crippen molar-refractivity contribution in [3.8, 4) is 0 Å². The topological polar surface area (TPSA) is 84.2 Å². The van der Waals surface area contributed by atoms with Crippen molar-refractivity contribution in [1.82, 2.24) is 14.4 Å². The van der Waals surface area contributed by atoms with Gasteiger partial charge in [-0.05, 0) is 49.7 Å². The number of halogens is 1. The molecule has 1 saturated heterocycles. The van der Waals surface area contributed by atoms with E-state index in [9.17, 15) is 14.5 Å². The number of benzene rings is 1. The predicted octanol–water partition coefficient (Wildman–Crippen LogP) is 4.00. The highest BCUT2D eigenvalue weighted by Gasteiger charge is 2.26. The molecule has 31 heavy (non-hydrogen) atoms. The molecular weight excluding hydrogens is 420 g/mol. The summed E-state index contributed by atoms with van der Waals surface area (Å²) in [5, 5.41) is 3.64. The summed E-state index contributed by atoms with van der Waals surface area (Å²) in [6, 6.07) is 8.94. The molecule has 0 spiro atoms. The Morgan fingerprint density at radius 1 is 1.06 bits per heavy atom. The van der Waals surface area contributed by atoms with Crippen molar-refractivity contribution in [2.24, 2.45) is 5.18 Å². The molecule has 0 N–H and O–H groups in total. The normalized spacial score (nSPS) is 15.0. The molecule has 2 heterocycles. The predicted molar refractivity (Wildman–Crippen MR) is 120 cm³/mol. The average Bonchev–Trinajstić information content (AvgIpc) is 2.71. The van der Waals surface area contributed by atoms with Gasteiger partial charge in [0, 0.05) is 49.5 Å². The number of hydrogen-bond donors (Lipinski definition) is 0. The smallest absolute Gasteiger partial charge is 0.410 e. The Kier molecular flexibility index (Phi) is 7.12. The van der Waals surface area contributed by atoms with Gasteiger partial charge < -0.3 is 14.2 Å². The zero-order valence-corrected chi connectivity index (χ0v) is 18.8. The van der Waals surface area contributed by atoms with Crippen LogP contribution >= 0.6 is 11.6 Å². The number of nitrogens with zero attached hydrogens (tertiary/aromatic N) is 4. The molecule has 1 aliphatic heterocycles. The minimum absolute atomic E-state index is 0.0777. The summed E-state index contributed by atoms with van der Waals surface area (Å²) < 4.78 is 6.87. The maximum Gasteiger partial charge on any atom is 0.410 e. The molecule has 0 saturated carbocycles. The third kappa shape index (κ3) is 6.15. The van der Waals surface area contributed by atoms with Crippen molar-refractivity contribution in [2.75, 3.05) is 26.2 Å². The first-order chi connectivity index (χ1) is 14.7. The van der Waals surface area contributed by atoms with Crippen molar-refractivity contribution in [3.63, 3.8) is 0 Å². The molecule has 0 bridgehead atoms. The number of rotatable bonds is 5. The maximum atomic E-state index is 12.8. The molecule has 0 atom stereocenters. The number of piperazine rings is 1. The fourth-order valence-corrected chi connectivity index (χ4v) is 3.52. The van der Waals surface area contributed by atoms with Crippen LogP contribution in [0.4, 0.5) is 10.5 Å². The molecule has 3 rings (SSSR count). The molecule has 166 valence electrons. The highest BCUT2D eigenvalue weighted by molar-refractivity contribution is 6.30. The number of amides is 1. The lowest BCUT2D eigenvalue weighted by molar-refractivity contribution is 0.0139. The zero-order valence-electron chi connectivity index (χ0n) is 18.0. The van der Waals surface area contributed by atoms with Gasteiger partial charge in [-0.3, -0.25) is 9.69 Å². The number of nitroso groups, excluding NO2 is 1. The standard InChI is InChI=1S/C22H27ClN4O4/c1-22(2,3)31-21(29)26-12-10-25(11-13-26)15-17-8-9-27(20(28)19(17)24-30)14-16-4-6-18(23)7-5-16/h4-9H,10-15H2,1-3H3. The molecule has 0 radical (unpaired) electrons. The van der Waals surface area contributed by atoms with E-state index in [0.717, 1.165) is 5.56 Å². The fourth-order valence-electron chi connectivity index (χ4n) is 3.39. The Labute approximate surface area is 186 Å². The zero-order chi connectivity index (χ0) is 22.6. The van der Waals surface area contributed by atoms with Gasteiger partial charge in [-0.1, -0.05) is 23.7 Å². The minimum atomic E-state index is -0.533. The summed E-state index contributed by atoms with van der Waals surface area (Å²) >= 11 is 5.90. The van der Waals surface area contributed by atoms with Gasteiger partial charge in [-0.2, -0.15) is 0 Å². The highest BCUT2D eigenvalue weighted by atomic mass is 35.5. The third-order valence-electron chi connectivity index (χ3n) is 5.00. The summed E-state index contributed by atoms with van der Waals surface area (Å²) in [5.41, 5.74) is 0.447. The van der Waals surface area contributed by atoms with E-state index in [1.54, 1.807) is 29.3 Å². The second-order valence-electron chi connectivity index (χ2n) is 8.58. The Morgan fingerprint density at radius 2 is 1.71 bits per heavy atom. The Bertz CT molecular complexity index is 990. The Morgan fingerprint density at radius 3 is 2.29 bits per heavy atom. The second-order valence-corrected chi connectivity index (χ2v) is 9.02. The van der Waals surface area contributed by atoms with Crippen LogP contribution in [0, 0.1) is 4.91 Å². The van der Waals surface area contributed by atoms with E-state index in [2.05, 4.69) is 10.1 Å². The molecule has 8 nitrogen and oxygen atoms in total. The van der Waals surface area contributed by atoms with Crippen molar-refractivity contribution in [2.45, 2.75) is 39.5 Å². The molecule has 0 aliphatic carbocycles. The lowest BCUT2D eigenvalue weighted by Crippen LogP contribution is -2.49. The summed E-state index contributed by atoms with van der Waals surface area (Å²) in [6.45, 7) is 8.53. The number of pyridine rings is 1. The summed E-state index contributed by atoms with van der Waals surface area (Å²) in [5.74, 6) is 0. The van der Waals surface area contributed by atoms with Gasteiger partial charge in [0.2, 0.25) is 0 Å². The van der Waals surface area contributed by atoms with Crippen molar-refractivity contribution >= 4 is 23.4 Å². The Hall–Kier alpha value is -2.71. The molecular formula is C22H27ClN4O4. The van der Waals surface area contributed by atoms with E-state index in [0.29, 0.717) is 49.9 Å². The van der Waals surface area contributed by atoms with Crippen LogP contribution in [0.1, 0.15) is 31.9 Å². The maximum absolute atomic E-state index is 12.8. The molecule has 0 unspecified atom stereocenters. The van der Waals surface area contributed by atoms with E-state index in [1.165, 1.54) is 4.57 Å². The molecule has 2 aromatic rings. The largest absolute Gasteiger partial charge is 0.444 e. The van der Waals surface area contributed by atoms with Gasteiger partial charge in [0.25, 0.3) is 5.56 Å². The third-order valence-corrected chi connectivity index (χ3v) is 5.25. The Balaban J connectivity index is 1.65. The van der Waals surface area contributed by atoms with Gasteiger partial charge in [0.05, 0.1) is 6.54 Å². The van der Waals surface area contributed by atoms with Crippen molar-refractivity contribution < 1.29 is 9.53 Å². The van der Waals surface area contributed by atoms with Gasteiger partial charge in [0.1, 0.15) is 5.60 Å². The van der Waals surface area contributed by atoms with Gasteiger partial charge in [0.15, 0.2) is 5.69 Å².